The van der Waals surface area contributed by atoms with Crippen molar-refractivity contribution in [3.05, 3.63) is 162 Å². The van der Waals surface area contributed by atoms with Crippen LogP contribution in [0.1, 0.15) is 108 Å². The summed E-state index contributed by atoms with van der Waals surface area (Å²) in [7, 11) is 1.65. The van der Waals surface area contributed by atoms with E-state index >= 15 is 0 Å². The van der Waals surface area contributed by atoms with Crippen molar-refractivity contribution >= 4 is 69.0 Å². The van der Waals surface area contributed by atoms with Crippen LogP contribution in [0.3, 0.4) is 0 Å². The first-order valence-electron chi connectivity index (χ1n) is 29.2. The molecule has 6 aromatic heterocycles. The largest absolute Gasteiger partial charge is 0.497 e. The van der Waals surface area contributed by atoms with E-state index in [2.05, 4.69) is 46.4 Å². The van der Waals surface area contributed by atoms with E-state index in [1.165, 1.54) is 43.8 Å². The highest BCUT2D eigenvalue weighted by Gasteiger charge is 2.36. The monoisotopic (exact) mass is 1180 g/mol. The molecule has 3 aromatic carbocycles. The second kappa shape index (κ2) is 27.4. The van der Waals surface area contributed by atoms with Gasteiger partial charge in [-0.1, -0.05) is 31.4 Å². The number of carboxylic acids is 1. The van der Waals surface area contributed by atoms with Crippen molar-refractivity contribution in [2.24, 2.45) is 11.8 Å². The van der Waals surface area contributed by atoms with Crippen molar-refractivity contribution in [3.8, 4) is 40.9 Å². The Labute approximate surface area is 506 Å². The van der Waals surface area contributed by atoms with E-state index < -0.39 is 5.97 Å². The summed E-state index contributed by atoms with van der Waals surface area (Å²) >= 11 is 0. The maximum absolute atomic E-state index is 12.8. The molecule has 0 radical (unpaired) electrons. The highest BCUT2D eigenvalue weighted by atomic mass is 16.5. The lowest BCUT2D eigenvalue weighted by atomic mass is 9.95. The van der Waals surface area contributed by atoms with E-state index in [-0.39, 0.29) is 35.6 Å². The lowest BCUT2D eigenvalue weighted by molar-refractivity contribution is -0.138. The molecule has 446 valence electrons. The van der Waals surface area contributed by atoms with Crippen LogP contribution in [0.5, 0.6) is 28.7 Å². The maximum atomic E-state index is 12.8. The first-order valence-corrected chi connectivity index (χ1v) is 29.2. The number of amides is 3. The fourth-order valence-corrected chi connectivity index (χ4v) is 10.3. The molecule has 1 atom stereocenters. The number of nitriles is 2. The van der Waals surface area contributed by atoms with Crippen LogP contribution in [0.2, 0.25) is 0 Å². The Kier molecular flexibility index (Phi) is 18.3. The van der Waals surface area contributed by atoms with E-state index in [4.69, 9.17) is 39.9 Å². The molecule has 13 rings (SSSR count). The summed E-state index contributed by atoms with van der Waals surface area (Å²) in [5.41, 5.74) is 4.05. The normalized spacial score (nSPS) is 15.4. The minimum atomic E-state index is -0.630. The van der Waals surface area contributed by atoms with Crippen LogP contribution >= 0.6 is 0 Å². The standard InChI is InChI=1S/C33H31N7O3.C28H26N8O3.C4H6O2/c1-42-26-11-7-22(8-12-26)21-40-32-30(31(39-40)37-25-5-3-2-4-6-25)28(16-18-36-32)43-27-13-9-24(10-14-27)33(41)38-29-19-23(20-34)15-17-35-29;29-15-17-9-11-30-23(14-17)33-27(37)18-5-7-21(8-6-18)39-22-10-12-31-25-24(22)26(35-34-25)32-20-2-1-13-36(16-20)28(38)19-3-4-19;5-4(6)3-1-2-3/h7-19,25H,2-6,21H2,1H3,(H,37,39)(H,35,38,41);5-12,14,19-20H,1-4,13,16H2,(H,30,33,37)(H2,31,32,34,35);3H,1-2H2,(H,5,6)/t;20-;/m.1./s1. The molecule has 4 aliphatic rings. The van der Waals surface area contributed by atoms with Crippen LogP contribution < -0.4 is 35.5 Å². The molecule has 7 heterocycles. The van der Waals surface area contributed by atoms with Gasteiger partial charge in [-0.05, 0) is 142 Å². The number of aromatic nitrogens is 8. The number of nitrogens with one attached hydrogen (secondary N) is 5. The van der Waals surface area contributed by atoms with Gasteiger partial charge in [0.2, 0.25) is 5.91 Å². The van der Waals surface area contributed by atoms with Crippen LogP contribution in [0.15, 0.2) is 134 Å². The van der Waals surface area contributed by atoms with Gasteiger partial charge in [0.25, 0.3) is 11.8 Å². The number of carbonyl (C=O) groups excluding carboxylic acids is 3. The number of aliphatic carboxylic acids is 1. The van der Waals surface area contributed by atoms with Crippen molar-refractivity contribution < 1.29 is 38.5 Å². The average Bonchev–Trinajstić information content (AvgIpc) is 2.39. The molecule has 1 aliphatic heterocycles. The van der Waals surface area contributed by atoms with Crippen molar-refractivity contribution in [2.75, 3.05) is 41.5 Å². The summed E-state index contributed by atoms with van der Waals surface area (Å²) in [6, 6.07) is 35.8. The Morgan fingerprint density at radius 3 is 1.72 bits per heavy atom. The molecule has 23 heteroatoms. The smallest absolute Gasteiger partial charge is 0.306 e. The number of anilines is 4. The van der Waals surface area contributed by atoms with Crippen LogP contribution in [0.25, 0.3) is 22.1 Å². The zero-order valence-corrected chi connectivity index (χ0v) is 48.2. The number of hydrogen-bond donors (Lipinski definition) is 6. The van der Waals surface area contributed by atoms with Gasteiger partial charge in [0.1, 0.15) is 51.2 Å². The minimum absolute atomic E-state index is 0.0185. The first kappa shape index (κ1) is 58.8. The van der Waals surface area contributed by atoms with E-state index in [9.17, 15) is 19.2 Å². The number of aromatic amines is 1. The minimum Gasteiger partial charge on any atom is -0.497 e. The highest BCUT2D eigenvalue weighted by Crippen LogP contribution is 2.38. The van der Waals surface area contributed by atoms with Crippen molar-refractivity contribution in [2.45, 2.75) is 89.3 Å². The van der Waals surface area contributed by atoms with E-state index in [1.807, 2.05) is 52.1 Å². The van der Waals surface area contributed by atoms with Gasteiger partial charge in [-0.25, -0.2) is 24.6 Å². The number of hydrogen-bond acceptors (Lipinski definition) is 17. The molecule has 4 fully saturated rings. The van der Waals surface area contributed by atoms with Crippen molar-refractivity contribution in [1.82, 2.24) is 44.8 Å². The van der Waals surface area contributed by atoms with Gasteiger partial charge >= 0.3 is 5.97 Å². The number of carboxylic acid groups (broad SMARTS) is 1. The van der Waals surface area contributed by atoms with Crippen LogP contribution in [0.4, 0.5) is 23.3 Å². The predicted molar refractivity (Wildman–Crippen MR) is 327 cm³/mol. The van der Waals surface area contributed by atoms with Crippen LogP contribution in [-0.2, 0) is 16.1 Å². The summed E-state index contributed by atoms with van der Waals surface area (Å²) in [6.45, 7) is 2.00. The van der Waals surface area contributed by atoms with E-state index in [0.29, 0.717) is 92.9 Å². The van der Waals surface area contributed by atoms with Gasteiger partial charge in [0, 0.05) is 79.1 Å². The Morgan fingerprint density at radius 2 is 1.16 bits per heavy atom. The number of nitrogens with zero attached hydrogens (tertiary/aromatic N) is 10. The number of fused-ring (bicyclic) bond motifs is 2. The molecular weight excluding hydrogens is 1120 g/mol. The zero-order valence-electron chi connectivity index (χ0n) is 48.2. The molecular formula is C65H63N15O8. The maximum Gasteiger partial charge on any atom is 0.306 e. The second-order valence-corrected chi connectivity index (χ2v) is 21.8. The fourth-order valence-electron chi connectivity index (χ4n) is 10.3. The molecule has 1 saturated heterocycles. The number of benzene rings is 3. The summed E-state index contributed by atoms with van der Waals surface area (Å²) in [4.78, 5) is 67.0. The molecule has 6 N–H and O–H groups in total. The number of methoxy groups -OCH3 is 1. The van der Waals surface area contributed by atoms with Gasteiger partial charge in [-0.15, -0.1) is 0 Å². The lowest BCUT2D eigenvalue weighted by Crippen LogP contribution is -2.45. The number of piperidine rings is 1. The molecule has 0 bridgehead atoms. The highest BCUT2D eigenvalue weighted by molar-refractivity contribution is 6.04. The third-order valence-corrected chi connectivity index (χ3v) is 15.3. The van der Waals surface area contributed by atoms with Gasteiger partial charge < -0.3 is 45.5 Å². The molecule has 3 saturated carbocycles. The molecule has 0 spiro atoms. The number of rotatable bonds is 17. The van der Waals surface area contributed by atoms with E-state index in [0.717, 1.165) is 86.1 Å². The van der Waals surface area contributed by atoms with Gasteiger partial charge in [0.15, 0.2) is 22.9 Å². The van der Waals surface area contributed by atoms with Crippen LogP contribution in [0, 0.1) is 34.5 Å². The van der Waals surface area contributed by atoms with E-state index in [1.54, 1.807) is 86.2 Å². The van der Waals surface area contributed by atoms with Gasteiger partial charge in [0.05, 0.1) is 42.8 Å². The number of carbonyl (C=O) groups is 4. The number of pyridine rings is 4. The zero-order chi connectivity index (χ0) is 60.9. The summed E-state index contributed by atoms with van der Waals surface area (Å²) in [6.07, 6.45) is 17.9. The summed E-state index contributed by atoms with van der Waals surface area (Å²) in [5, 5.41) is 52.7. The van der Waals surface area contributed by atoms with Gasteiger partial charge in [-0.3, -0.25) is 24.3 Å². The molecule has 23 nitrogen and oxygen atoms in total. The third kappa shape index (κ3) is 14.9. The molecule has 3 amide bonds. The summed E-state index contributed by atoms with van der Waals surface area (Å²) < 4.78 is 19.8. The Bertz CT molecular complexity index is 4050. The Balaban J connectivity index is 0.000000166. The molecule has 88 heavy (non-hydrogen) atoms. The first-order chi connectivity index (χ1) is 43.0. The lowest BCUT2D eigenvalue weighted by Gasteiger charge is -2.33. The Hall–Kier alpha value is -10.9. The average molecular weight is 1180 g/mol. The van der Waals surface area contributed by atoms with Crippen LogP contribution in [-0.4, -0.2) is 106 Å². The quantitative estimate of drug-likeness (QED) is 0.0493. The number of ether oxygens (including phenoxy) is 3. The SMILES string of the molecule is COc1ccc(Cn2nc(NC3CCCCC3)c3c(Oc4ccc(C(=O)Nc5cc(C#N)ccn5)cc4)ccnc32)cc1.N#Cc1ccnc(NC(=O)c2ccc(Oc3ccnc4[nH]nc(N[C@@H]5CCCN(C(=O)C6CC6)C5)c34)cc2)c1.O=C(O)C1CC1. The number of likely N-dealkylation sites (tertiary alicyclic amines) is 1. The topological polar surface area (TPSA) is 313 Å². The van der Waals surface area contributed by atoms with Gasteiger partial charge in [-0.2, -0.15) is 20.7 Å². The van der Waals surface area contributed by atoms with Crippen molar-refractivity contribution in [1.29, 1.82) is 10.5 Å². The molecule has 0 unspecified atom stereocenters. The Morgan fingerprint density at radius 1 is 0.614 bits per heavy atom. The van der Waals surface area contributed by atoms with Crippen molar-refractivity contribution in [3.63, 3.8) is 0 Å². The molecule has 9 aromatic rings. The predicted octanol–water partition coefficient (Wildman–Crippen LogP) is 11.1. The third-order valence-electron chi connectivity index (χ3n) is 15.3. The second-order valence-electron chi connectivity index (χ2n) is 21.8. The molecule has 3 aliphatic carbocycles. The fraction of sp³-hybridized carbons (Fsp3) is 0.292. The summed E-state index contributed by atoms with van der Waals surface area (Å²) in [5.74, 6) is 4.27. The number of H-pyrrole nitrogens is 1.